The molecule has 0 aromatic heterocycles. The van der Waals surface area contributed by atoms with Gasteiger partial charge in [-0.2, -0.15) is 0 Å². The summed E-state index contributed by atoms with van der Waals surface area (Å²) in [5, 5.41) is 0. The summed E-state index contributed by atoms with van der Waals surface area (Å²) in [5.41, 5.74) is 0.655. The van der Waals surface area contributed by atoms with Crippen molar-refractivity contribution >= 4 is 17.5 Å². The van der Waals surface area contributed by atoms with Crippen molar-refractivity contribution in [3.8, 4) is 17.2 Å². The molecule has 170 valence electrons. The highest BCUT2D eigenvalue weighted by Crippen LogP contribution is 2.42. The number of piperidine rings is 1. The molecule has 1 unspecified atom stereocenters. The van der Waals surface area contributed by atoms with Crippen molar-refractivity contribution in [2.24, 2.45) is 5.92 Å². The molecule has 8 heteroatoms. The molecular formula is C23H33N3O5. The van der Waals surface area contributed by atoms with Gasteiger partial charge >= 0.3 is 0 Å². The van der Waals surface area contributed by atoms with Crippen LogP contribution in [0.3, 0.4) is 0 Å². The molecule has 4 rings (SSSR count). The predicted molar refractivity (Wildman–Crippen MR) is 117 cm³/mol. The molecule has 1 aromatic carbocycles. The lowest BCUT2D eigenvalue weighted by molar-refractivity contribution is -0.137. The van der Waals surface area contributed by atoms with E-state index >= 15 is 0 Å². The minimum atomic E-state index is -0.310. The Balaban J connectivity index is 1.42. The topological polar surface area (TPSA) is 71.6 Å². The first kappa shape index (κ1) is 21.7. The van der Waals surface area contributed by atoms with E-state index in [1.54, 1.807) is 38.4 Å². The fourth-order valence-electron chi connectivity index (χ4n) is 5.16. The van der Waals surface area contributed by atoms with Crippen LogP contribution in [0.25, 0.3) is 0 Å². The van der Waals surface area contributed by atoms with Crippen LogP contribution >= 0.6 is 0 Å². The van der Waals surface area contributed by atoms with Gasteiger partial charge in [0, 0.05) is 44.2 Å². The first-order chi connectivity index (χ1) is 15.0. The van der Waals surface area contributed by atoms with Gasteiger partial charge in [-0.1, -0.05) is 0 Å². The van der Waals surface area contributed by atoms with Crippen LogP contribution < -0.4 is 19.1 Å². The van der Waals surface area contributed by atoms with Crippen molar-refractivity contribution in [3.63, 3.8) is 0 Å². The molecule has 3 saturated heterocycles. The Morgan fingerprint density at radius 1 is 0.935 bits per heavy atom. The molecule has 1 atom stereocenters. The zero-order chi connectivity index (χ0) is 22.0. The average Bonchev–Trinajstić information content (AvgIpc) is 3.48. The highest BCUT2D eigenvalue weighted by Gasteiger charge is 2.39. The summed E-state index contributed by atoms with van der Waals surface area (Å²) in [6.45, 7) is 4.34. The van der Waals surface area contributed by atoms with Crippen molar-refractivity contribution in [1.29, 1.82) is 0 Å². The fourth-order valence-corrected chi connectivity index (χ4v) is 5.16. The summed E-state index contributed by atoms with van der Waals surface area (Å²) in [4.78, 5) is 32.1. The largest absolute Gasteiger partial charge is 0.493 e. The number of likely N-dealkylation sites (tertiary alicyclic amines) is 2. The number of carbonyl (C=O) groups is 2. The Labute approximate surface area is 184 Å². The Bertz CT molecular complexity index is 790. The third kappa shape index (κ3) is 4.31. The number of anilines is 1. The third-order valence-electron chi connectivity index (χ3n) is 6.87. The van der Waals surface area contributed by atoms with Crippen LogP contribution in [-0.4, -0.2) is 81.7 Å². The Morgan fingerprint density at radius 3 is 2.10 bits per heavy atom. The lowest BCUT2D eigenvalue weighted by Crippen LogP contribution is -2.47. The zero-order valence-corrected chi connectivity index (χ0v) is 18.8. The smallest absolute Gasteiger partial charge is 0.228 e. The van der Waals surface area contributed by atoms with Crippen LogP contribution in [0.15, 0.2) is 12.1 Å². The standard InChI is InChI=1S/C23H33N3O5/c1-29-19-13-18(14-20(30-2)22(19)31-3)26-15-16(12-21(26)27)23(28)25-10-6-17(7-11-25)24-8-4-5-9-24/h13-14,16-17H,4-12,15H2,1-3H3. The molecule has 0 spiro atoms. The molecule has 3 aliphatic rings. The number of hydrogen-bond acceptors (Lipinski definition) is 6. The quantitative estimate of drug-likeness (QED) is 0.687. The van der Waals surface area contributed by atoms with Crippen LogP contribution in [0.1, 0.15) is 32.1 Å². The van der Waals surface area contributed by atoms with Crippen LogP contribution in [0, 0.1) is 5.92 Å². The van der Waals surface area contributed by atoms with Crippen LogP contribution in [0.5, 0.6) is 17.2 Å². The van der Waals surface area contributed by atoms with E-state index in [0.717, 1.165) is 25.9 Å². The minimum absolute atomic E-state index is 0.0559. The highest BCUT2D eigenvalue weighted by molar-refractivity contribution is 6.00. The molecule has 0 saturated carbocycles. The maximum atomic E-state index is 13.2. The molecule has 0 bridgehead atoms. The molecule has 1 aromatic rings. The van der Waals surface area contributed by atoms with Gasteiger partial charge in [0.15, 0.2) is 11.5 Å². The summed E-state index contributed by atoms with van der Waals surface area (Å²) >= 11 is 0. The summed E-state index contributed by atoms with van der Waals surface area (Å²) < 4.78 is 16.2. The van der Waals surface area contributed by atoms with Crippen LogP contribution in [0.4, 0.5) is 5.69 Å². The number of carbonyl (C=O) groups excluding carboxylic acids is 2. The maximum Gasteiger partial charge on any atom is 0.228 e. The van der Waals surface area contributed by atoms with Gasteiger partial charge in [0.05, 0.1) is 32.9 Å². The summed E-state index contributed by atoms with van der Waals surface area (Å²) in [5.74, 6) is 1.19. The molecule has 31 heavy (non-hydrogen) atoms. The van der Waals surface area contributed by atoms with E-state index < -0.39 is 0 Å². The van der Waals surface area contributed by atoms with Gasteiger partial charge < -0.3 is 28.9 Å². The highest BCUT2D eigenvalue weighted by atomic mass is 16.5. The van der Waals surface area contributed by atoms with Gasteiger partial charge in [-0.15, -0.1) is 0 Å². The second-order valence-electron chi connectivity index (χ2n) is 8.59. The Hall–Kier alpha value is -2.48. The number of nitrogens with zero attached hydrogens (tertiary/aromatic N) is 3. The summed E-state index contributed by atoms with van der Waals surface area (Å²) in [7, 11) is 4.64. The number of benzene rings is 1. The third-order valence-corrected chi connectivity index (χ3v) is 6.87. The van der Waals surface area contributed by atoms with Crippen molar-refractivity contribution in [2.45, 2.75) is 38.1 Å². The molecule has 0 radical (unpaired) electrons. The Morgan fingerprint density at radius 2 is 1.55 bits per heavy atom. The summed E-state index contributed by atoms with van der Waals surface area (Å²) in [6.07, 6.45) is 4.88. The predicted octanol–water partition coefficient (Wildman–Crippen LogP) is 2.15. The zero-order valence-electron chi connectivity index (χ0n) is 18.8. The molecule has 3 fully saturated rings. The van der Waals surface area contributed by atoms with Gasteiger partial charge in [-0.3, -0.25) is 9.59 Å². The van der Waals surface area contributed by atoms with Crippen molar-refractivity contribution in [1.82, 2.24) is 9.80 Å². The van der Waals surface area contributed by atoms with Crippen LogP contribution in [0.2, 0.25) is 0 Å². The minimum Gasteiger partial charge on any atom is -0.493 e. The van der Waals surface area contributed by atoms with E-state index in [-0.39, 0.29) is 24.2 Å². The van der Waals surface area contributed by atoms with Gasteiger partial charge in [0.1, 0.15) is 0 Å². The fraction of sp³-hybridized carbons (Fsp3) is 0.652. The van der Waals surface area contributed by atoms with E-state index in [1.165, 1.54) is 25.9 Å². The summed E-state index contributed by atoms with van der Waals surface area (Å²) in [6, 6.07) is 4.12. The van der Waals surface area contributed by atoms with E-state index in [4.69, 9.17) is 14.2 Å². The normalized spacial score (nSPS) is 22.8. The second kappa shape index (κ2) is 9.34. The van der Waals surface area contributed by atoms with E-state index in [0.29, 0.717) is 35.5 Å². The van der Waals surface area contributed by atoms with Crippen molar-refractivity contribution < 1.29 is 23.8 Å². The number of methoxy groups -OCH3 is 3. The SMILES string of the molecule is COc1cc(N2CC(C(=O)N3CCC(N4CCCC4)CC3)CC2=O)cc(OC)c1OC. The number of hydrogen-bond donors (Lipinski definition) is 0. The monoisotopic (exact) mass is 431 g/mol. The lowest BCUT2D eigenvalue weighted by Gasteiger charge is -2.37. The lowest BCUT2D eigenvalue weighted by atomic mass is 10.0. The maximum absolute atomic E-state index is 13.2. The number of amides is 2. The van der Waals surface area contributed by atoms with Crippen molar-refractivity contribution in [3.05, 3.63) is 12.1 Å². The second-order valence-corrected chi connectivity index (χ2v) is 8.59. The van der Waals surface area contributed by atoms with E-state index in [9.17, 15) is 9.59 Å². The molecule has 0 N–H and O–H groups in total. The molecule has 0 aliphatic carbocycles. The van der Waals surface area contributed by atoms with Crippen LogP contribution in [-0.2, 0) is 9.59 Å². The number of ether oxygens (including phenoxy) is 3. The first-order valence-corrected chi connectivity index (χ1v) is 11.2. The molecule has 2 amide bonds. The van der Waals surface area contributed by atoms with Crippen molar-refractivity contribution in [2.75, 3.05) is 59.0 Å². The van der Waals surface area contributed by atoms with Gasteiger partial charge in [0.25, 0.3) is 0 Å². The van der Waals surface area contributed by atoms with E-state index in [2.05, 4.69) is 4.90 Å². The van der Waals surface area contributed by atoms with E-state index in [1.807, 2.05) is 4.90 Å². The van der Waals surface area contributed by atoms with Gasteiger partial charge in [-0.05, 0) is 38.8 Å². The molecule has 3 heterocycles. The van der Waals surface area contributed by atoms with Gasteiger partial charge in [0.2, 0.25) is 17.6 Å². The molecular weight excluding hydrogens is 398 g/mol. The molecule has 8 nitrogen and oxygen atoms in total. The van der Waals surface area contributed by atoms with Gasteiger partial charge in [-0.25, -0.2) is 0 Å². The average molecular weight is 432 g/mol. The first-order valence-electron chi connectivity index (χ1n) is 11.2. The molecule has 3 aliphatic heterocycles. The Kier molecular flexibility index (Phi) is 6.55. The number of rotatable bonds is 6.